The van der Waals surface area contributed by atoms with Crippen molar-refractivity contribution in [2.24, 2.45) is 0 Å². The molecule has 1 N–H and O–H groups in total. The molecule has 0 aliphatic rings. The zero-order chi connectivity index (χ0) is 17.7. The average Bonchev–Trinajstić information content (AvgIpc) is 2.48. The largest absolute Gasteiger partial charge is 0.508 e. The van der Waals surface area contributed by atoms with E-state index in [-0.39, 0.29) is 15.8 Å². The quantitative estimate of drug-likeness (QED) is 0.460. The molecule has 0 spiro atoms. The van der Waals surface area contributed by atoms with E-state index < -0.39 is 11.7 Å². The van der Waals surface area contributed by atoms with Crippen molar-refractivity contribution < 1.29 is 23.0 Å². The molecule has 0 aromatic heterocycles. The summed E-state index contributed by atoms with van der Waals surface area (Å²) in [6.07, 6.45) is -3.67. The number of phenolic OH excluding ortho intramolecular Hbond substituents is 1. The number of hydrogen-bond acceptors (Lipinski definition) is 3. The second-order valence-electron chi connectivity index (χ2n) is 4.81. The topological polar surface area (TPSA) is 29.5 Å². The van der Waals surface area contributed by atoms with Gasteiger partial charge in [-0.05, 0) is 30.7 Å². The minimum Gasteiger partial charge on any atom is -0.508 e. The maximum Gasteiger partial charge on any atom is 0.416 e. The summed E-state index contributed by atoms with van der Waals surface area (Å²) < 4.78 is 42.9. The molecule has 0 heterocycles. The molecule has 0 amide bonds. The summed E-state index contributed by atoms with van der Waals surface area (Å²) >= 11 is 13.3. The Labute approximate surface area is 151 Å². The van der Waals surface area contributed by atoms with Gasteiger partial charge in [0.25, 0.3) is 0 Å². The van der Waals surface area contributed by atoms with Crippen LogP contribution in [0.4, 0.5) is 13.2 Å². The lowest BCUT2D eigenvalue weighted by Gasteiger charge is -2.10. The predicted molar refractivity (Wildman–Crippen MR) is 90.4 cm³/mol. The number of halogens is 5. The number of phenols is 1. The van der Waals surface area contributed by atoms with E-state index in [1.54, 1.807) is 0 Å². The summed E-state index contributed by atoms with van der Waals surface area (Å²) in [5, 5.41) is 9.76. The highest BCUT2D eigenvalue weighted by Crippen LogP contribution is 2.36. The van der Waals surface area contributed by atoms with Crippen molar-refractivity contribution in [1.82, 2.24) is 0 Å². The van der Waals surface area contributed by atoms with E-state index in [2.05, 4.69) is 0 Å². The lowest BCUT2D eigenvalue weighted by Crippen LogP contribution is -2.04. The zero-order valence-corrected chi connectivity index (χ0v) is 14.6. The predicted octanol–water partition coefficient (Wildman–Crippen LogP) is 6.28. The summed E-state index contributed by atoms with van der Waals surface area (Å²) in [6, 6.07) is 7.69. The number of benzene rings is 2. The lowest BCUT2D eigenvalue weighted by molar-refractivity contribution is -0.137. The number of alkyl halides is 3. The third-order valence-corrected chi connectivity index (χ3v) is 4.63. The van der Waals surface area contributed by atoms with E-state index in [0.717, 1.165) is 17.0 Å². The van der Waals surface area contributed by atoms with Crippen molar-refractivity contribution in [2.75, 3.05) is 12.4 Å². The molecule has 2 aromatic rings. The summed E-state index contributed by atoms with van der Waals surface area (Å²) in [7, 11) is 0. The van der Waals surface area contributed by atoms with Crippen molar-refractivity contribution in [2.45, 2.75) is 17.5 Å². The summed E-state index contributed by atoms with van der Waals surface area (Å²) in [5.74, 6) is 0.921. The van der Waals surface area contributed by atoms with Crippen LogP contribution in [0.3, 0.4) is 0 Å². The second-order valence-corrected chi connectivity index (χ2v) is 6.79. The Hall–Kier alpha value is -1.24. The molecule has 2 aromatic carbocycles. The fraction of sp³-hybridized carbons (Fsp3) is 0.250. The number of aromatic hydroxyl groups is 1. The van der Waals surface area contributed by atoms with E-state index in [1.165, 1.54) is 36.0 Å². The third kappa shape index (κ3) is 5.40. The van der Waals surface area contributed by atoms with Gasteiger partial charge in [-0.3, -0.25) is 0 Å². The van der Waals surface area contributed by atoms with Gasteiger partial charge in [-0.25, -0.2) is 0 Å². The Balaban J connectivity index is 1.78. The first-order valence-electron chi connectivity index (χ1n) is 6.88. The van der Waals surface area contributed by atoms with E-state index in [9.17, 15) is 18.3 Å². The molecule has 0 unspecified atom stereocenters. The molecule has 0 aliphatic carbocycles. The molecule has 8 heteroatoms. The molecule has 2 rings (SSSR count). The zero-order valence-electron chi connectivity index (χ0n) is 12.2. The molecule has 0 saturated heterocycles. The number of rotatable bonds is 6. The van der Waals surface area contributed by atoms with Crippen molar-refractivity contribution in [1.29, 1.82) is 0 Å². The van der Waals surface area contributed by atoms with Crippen LogP contribution in [-0.4, -0.2) is 17.5 Å². The van der Waals surface area contributed by atoms with E-state index in [1.807, 2.05) is 0 Å². The van der Waals surface area contributed by atoms with Crippen LogP contribution in [0.25, 0.3) is 0 Å². The van der Waals surface area contributed by atoms with E-state index >= 15 is 0 Å². The van der Waals surface area contributed by atoms with Crippen molar-refractivity contribution >= 4 is 35.0 Å². The van der Waals surface area contributed by atoms with Crippen LogP contribution in [0.5, 0.6) is 11.5 Å². The monoisotopic (exact) mass is 396 g/mol. The molecule has 0 bridgehead atoms. The third-order valence-electron chi connectivity index (χ3n) is 2.97. The van der Waals surface area contributed by atoms with Gasteiger partial charge in [-0.1, -0.05) is 23.2 Å². The molecule has 0 atom stereocenters. The van der Waals surface area contributed by atoms with Crippen LogP contribution in [0.15, 0.2) is 41.3 Å². The maximum absolute atomic E-state index is 12.5. The molecule has 0 fully saturated rings. The van der Waals surface area contributed by atoms with Crippen LogP contribution < -0.4 is 4.74 Å². The van der Waals surface area contributed by atoms with Crippen LogP contribution >= 0.6 is 35.0 Å². The fourth-order valence-electron chi connectivity index (χ4n) is 1.85. The molecule has 24 heavy (non-hydrogen) atoms. The number of ether oxygens (including phenoxy) is 1. The van der Waals surface area contributed by atoms with E-state index in [4.69, 9.17) is 27.9 Å². The van der Waals surface area contributed by atoms with Gasteiger partial charge in [0, 0.05) is 22.8 Å². The van der Waals surface area contributed by atoms with Gasteiger partial charge < -0.3 is 9.84 Å². The summed E-state index contributed by atoms with van der Waals surface area (Å²) in [6.45, 7) is 0.345. The van der Waals surface area contributed by atoms with Crippen LogP contribution in [0.1, 0.15) is 12.0 Å². The number of hydrogen-bond donors (Lipinski definition) is 1. The maximum atomic E-state index is 12.5. The minimum atomic E-state index is -4.32. The highest BCUT2D eigenvalue weighted by molar-refractivity contribution is 7.99. The summed E-state index contributed by atoms with van der Waals surface area (Å²) in [5.41, 5.74) is -0.660. The average molecular weight is 397 g/mol. The Morgan fingerprint density at radius 1 is 1.04 bits per heavy atom. The number of thioether (sulfide) groups is 1. The Morgan fingerprint density at radius 2 is 1.62 bits per heavy atom. The van der Waals surface area contributed by atoms with Crippen molar-refractivity contribution in [3.8, 4) is 11.5 Å². The van der Waals surface area contributed by atoms with Crippen LogP contribution in [0, 0.1) is 0 Å². The normalized spacial score (nSPS) is 11.5. The van der Waals surface area contributed by atoms with Crippen LogP contribution in [0.2, 0.25) is 10.0 Å². The van der Waals surface area contributed by atoms with Gasteiger partial charge in [0.2, 0.25) is 0 Å². The van der Waals surface area contributed by atoms with Crippen LogP contribution in [-0.2, 0) is 6.18 Å². The standard InChI is InChI=1S/C16H13Cl2F3O2S/c17-13-8-11(22)9-14(18)15(13)23-6-1-7-24-12-4-2-10(3-5-12)16(19,20)21/h2-5,8-9,22H,1,6-7H2. The smallest absolute Gasteiger partial charge is 0.416 e. The SMILES string of the molecule is Oc1cc(Cl)c(OCCCSc2ccc(C(F)(F)F)cc2)c(Cl)c1. The van der Waals surface area contributed by atoms with Crippen molar-refractivity contribution in [3.63, 3.8) is 0 Å². The molecule has 0 aliphatic heterocycles. The molecular formula is C16H13Cl2F3O2S. The van der Waals surface area contributed by atoms with Gasteiger partial charge in [-0.2, -0.15) is 13.2 Å². The van der Waals surface area contributed by atoms with Gasteiger partial charge in [0.1, 0.15) is 5.75 Å². The van der Waals surface area contributed by atoms with Gasteiger partial charge in [0.15, 0.2) is 5.75 Å². The fourth-order valence-corrected chi connectivity index (χ4v) is 3.26. The van der Waals surface area contributed by atoms with E-state index in [0.29, 0.717) is 24.5 Å². The summed E-state index contributed by atoms with van der Waals surface area (Å²) in [4.78, 5) is 0.753. The highest BCUT2D eigenvalue weighted by Gasteiger charge is 2.29. The first kappa shape index (κ1) is 19.1. The van der Waals surface area contributed by atoms with Gasteiger partial charge >= 0.3 is 6.18 Å². The Kier molecular flexibility index (Phi) is 6.54. The minimum absolute atomic E-state index is 0.0461. The molecule has 2 nitrogen and oxygen atoms in total. The Bertz CT molecular complexity index is 668. The van der Waals surface area contributed by atoms with Gasteiger partial charge in [-0.15, -0.1) is 11.8 Å². The molecular weight excluding hydrogens is 384 g/mol. The second kappa shape index (κ2) is 8.23. The van der Waals surface area contributed by atoms with Crippen molar-refractivity contribution in [3.05, 3.63) is 52.0 Å². The molecule has 130 valence electrons. The first-order valence-corrected chi connectivity index (χ1v) is 8.62. The highest BCUT2D eigenvalue weighted by atomic mass is 35.5. The molecule has 0 saturated carbocycles. The molecule has 0 radical (unpaired) electrons. The Morgan fingerprint density at radius 3 is 2.17 bits per heavy atom. The van der Waals surface area contributed by atoms with Gasteiger partial charge in [0.05, 0.1) is 22.2 Å². The first-order chi connectivity index (χ1) is 11.3. The lowest BCUT2D eigenvalue weighted by atomic mass is 10.2.